The summed E-state index contributed by atoms with van der Waals surface area (Å²) in [5.74, 6) is 1.23. The smallest absolute Gasteiger partial charge is 0.416 e. The zero-order chi connectivity index (χ0) is 45.4. The number of methoxy groups -OCH3 is 2. The van der Waals surface area contributed by atoms with E-state index in [9.17, 15) is 17.6 Å². The molecule has 0 unspecified atom stereocenters. The molecule has 0 saturated carbocycles. The number of benzene rings is 6. The van der Waals surface area contributed by atoms with Crippen LogP contribution in [0.5, 0.6) is 11.5 Å². The lowest BCUT2D eigenvalue weighted by Crippen LogP contribution is -2.03. The Bertz CT molecular complexity index is 2140. The van der Waals surface area contributed by atoms with Gasteiger partial charge >= 0.3 is 6.18 Å². The predicted octanol–water partition coefficient (Wildman–Crippen LogP) is 15.1. The molecule has 0 aliphatic heterocycles. The minimum atomic E-state index is -4.21. The first kappa shape index (κ1) is 52.1. The molecule has 0 saturated heterocycles. The normalized spacial score (nSPS) is 9.87. The van der Waals surface area contributed by atoms with E-state index in [1.54, 1.807) is 40.2 Å². The van der Waals surface area contributed by atoms with Crippen molar-refractivity contribution in [2.75, 3.05) is 14.2 Å². The summed E-state index contributed by atoms with van der Waals surface area (Å²) in [5, 5.41) is 8.32. The second-order valence-corrected chi connectivity index (χ2v) is 14.6. The number of nitriles is 1. The zero-order valence-corrected chi connectivity index (χ0v) is 37.7. The van der Waals surface area contributed by atoms with Crippen molar-refractivity contribution in [1.29, 1.82) is 5.26 Å². The molecule has 6 aromatic rings. The first-order valence-corrected chi connectivity index (χ1v) is 19.9. The Balaban J connectivity index is 0.000000361. The molecule has 320 valence electrons. The van der Waals surface area contributed by atoms with Crippen LogP contribution >= 0.6 is 0 Å². The molecule has 0 spiro atoms. The van der Waals surface area contributed by atoms with Gasteiger partial charge in [-0.15, -0.1) is 0 Å². The molecule has 0 aliphatic carbocycles. The summed E-state index contributed by atoms with van der Waals surface area (Å²) in [7, 11) is 3.29. The summed E-state index contributed by atoms with van der Waals surface area (Å²) >= 11 is 0. The molecule has 0 atom stereocenters. The highest BCUT2D eigenvalue weighted by Gasteiger charge is 2.29. The van der Waals surface area contributed by atoms with Gasteiger partial charge in [0, 0.05) is 6.07 Å². The minimum absolute atomic E-state index is 0.102. The maximum Gasteiger partial charge on any atom is 0.416 e. The molecule has 0 heterocycles. The fourth-order valence-electron chi connectivity index (χ4n) is 5.40. The molecule has 7 heteroatoms. The summed E-state index contributed by atoms with van der Waals surface area (Å²) in [5.41, 5.74) is 13.4. The Morgan fingerprint density at radius 3 is 1.32 bits per heavy atom. The van der Waals surface area contributed by atoms with E-state index in [0.29, 0.717) is 0 Å². The highest BCUT2D eigenvalue weighted by molar-refractivity contribution is 5.38. The van der Waals surface area contributed by atoms with Crippen LogP contribution in [0.2, 0.25) is 0 Å². The molecule has 60 heavy (non-hydrogen) atoms. The van der Waals surface area contributed by atoms with E-state index in [1.165, 1.54) is 68.8 Å². The number of hydrogen-bond donors (Lipinski definition) is 0. The van der Waals surface area contributed by atoms with E-state index < -0.39 is 17.6 Å². The largest absolute Gasteiger partial charge is 0.497 e. The number of aryl methyl sites for hydroxylation is 10. The molecule has 0 N–H and O–H groups in total. The Morgan fingerprint density at radius 1 is 0.500 bits per heavy atom. The van der Waals surface area contributed by atoms with Crippen molar-refractivity contribution in [2.24, 2.45) is 0 Å². The molecule has 6 rings (SSSR count). The van der Waals surface area contributed by atoms with Crippen LogP contribution < -0.4 is 9.47 Å². The SMILES string of the molecule is CCc1cc(C)cc(C)c1.CCc1ccc(C)cc1.COc1cc(C)cc(OC)c1.Cc1ccc(C#N)c(F)c1.Cc1ccc(C(F)(F)F)cc1.Cc1cccc(C)c1C. The quantitative estimate of drug-likeness (QED) is 0.166. The van der Waals surface area contributed by atoms with Crippen LogP contribution in [0.1, 0.15) is 86.2 Å². The van der Waals surface area contributed by atoms with Gasteiger partial charge in [-0.05, 0) is 150 Å². The van der Waals surface area contributed by atoms with Crippen molar-refractivity contribution in [3.05, 3.63) is 199 Å². The van der Waals surface area contributed by atoms with Crippen molar-refractivity contribution >= 4 is 0 Å². The highest BCUT2D eigenvalue weighted by Crippen LogP contribution is 2.29. The van der Waals surface area contributed by atoms with E-state index in [2.05, 4.69) is 116 Å². The number of nitrogens with zero attached hydrogens (tertiary/aromatic N) is 1. The average molecular weight is 822 g/mol. The maximum atomic E-state index is 12.6. The molecule has 0 amide bonds. The van der Waals surface area contributed by atoms with Gasteiger partial charge < -0.3 is 9.47 Å². The van der Waals surface area contributed by atoms with Crippen LogP contribution in [0.25, 0.3) is 0 Å². The van der Waals surface area contributed by atoms with Crippen molar-refractivity contribution < 1.29 is 27.0 Å². The Labute approximate surface area is 357 Å². The van der Waals surface area contributed by atoms with E-state index in [0.717, 1.165) is 53.2 Å². The molecule has 6 aromatic carbocycles. The van der Waals surface area contributed by atoms with Crippen LogP contribution in [0.15, 0.2) is 121 Å². The third-order valence-corrected chi connectivity index (χ3v) is 9.21. The van der Waals surface area contributed by atoms with Crippen molar-refractivity contribution in [2.45, 2.75) is 95.2 Å². The predicted molar refractivity (Wildman–Crippen MR) is 243 cm³/mol. The summed E-state index contributed by atoms with van der Waals surface area (Å²) in [6.45, 7) is 22.7. The van der Waals surface area contributed by atoms with Gasteiger partial charge in [0.1, 0.15) is 23.4 Å². The second kappa shape index (κ2) is 27.0. The lowest BCUT2D eigenvalue weighted by Gasteiger charge is -2.05. The number of hydrogen-bond acceptors (Lipinski definition) is 3. The molecule has 0 radical (unpaired) electrons. The molecular formula is C53H63F4NO2. The standard InChI is InChI=1S/C10H14.C9H12O2.2C9H12.C8H7F3.C8H6FN/c1-4-10-6-8(2)5-9(3)7-10;1-7-4-8(10-2)6-9(5-7)11-3;1-7-5-4-6-8(2)9(7)3;1-3-9-6-4-8(2)5-7-9;1-6-2-4-7(5-3-6)8(9,10)11;1-6-2-3-7(5-10)8(9)4-6/h5-7H,4H2,1-3H3;4-6H,1-3H3;4-6H,1-3H3;4-7H,3H2,1-2H3;2-5H,1H3;2-4H,1H3. The van der Waals surface area contributed by atoms with Gasteiger partial charge in [0.25, 0.3) is 0 Å². The van der Waals surface area contributed by atoms with Crippen molar-refractivity contribution in [1.82, 2.24) is 0 Å². The first-order valence-electron chi connectivity index (χ1n) is 19.9. The van der Waals surface area contributed by atoms with Crippen LogP contribution in [0.3, 0.4) is 0 Å². The van der Waals surface area contributed by atoms with Crippen LogP contribution in [-0.2, 0) is 19.0 Å². The molecule has 0 aliphatic rings. The highest BCUT2D eigenvalue weighted by atomic mass is 19.4. The van der Waals surface area contributed by atoms with Crippen LogP contribution in [0.4, 0.5) is 17.6 Å². The number of alkyl halides is 3. The molecular weight excluding hydrogens is 759 g/mol. The monoisotopic (exact) mass is 821 g/mol. The maximum absolute atomic E-state index is 12.6. The zero-order valence-electron chi connectivity index (χ0n) is 37.7. The number of halogens is 4. The van der Waals surface area contributed by atoms with Gasteiger partial charge in [-0.1, -0.05) is 115 Å². The van der Waals surface area contributed by atoms with Gasteiger partial charge in [-0.3, -0.25) is 0 Å². The lowest BCUT2D eigenvalue weighted by molar-refractivity contribution is -0.137. The Morgan fingerprint density at radius 2 is 0.933 bits per heavy atom. The number of rotatable bonds is 4. The lowest BCUT2D eigenvalue weighted by atomic mass is 10.1. The molecule has 0 aromatic heterocycles. The van der Waals surface area contributed by atoms with Gasteiger partial charge in [0.2, 0.25) is 0 Å². The first-order chi connectivity index (χ1) is 28.3. The van der Waals surface area contributed by atoms with E-state index in [1.807, 2.05) is 25.1 Å². The summed E-state index contributed by atoms with van der Waals surface area (Å²) in [6, 6.07) is 38.8. The van der Waals surface area contributed by atoms with Crippen molar-refractivity contribution in [3.63, 3.8) is 0 Å². The Kier molecular flexibility index (Phi) is 23.5. The summed E-state index contributed by atoms with van der Waals surface area (Å²) in [6.07, 6.45) is -1.93. The number of ether oxygens (including phenoxy) is 2. The van der Waals surface area contributed by atoms with Gasteiger partial charge in [-0.25, -0.2) is 4.39 Å². The minimum Gasteiger partial charge on any atom is -0.497 e. The van der Waals surface area contributed by atoms with E-state index in [4.69, 9.17) is 14.7 Å². The summed E-state index contributed by atoms with van der Waals surface area (Å²) in [4.78, 5) is 0. The second-order valence-electron chi connectivity index (χ2n) is 14.6. The fourth-order valence-corrected chi connectivity index (χ4v) is 5.40. The fraction of sp³-hybridized carbons (Fsp3) is 0.302. The van der Waals surface area contributed by atoms with E-state index >= 15 is 0 Å². The summed E-state index contributed by atoms with van der Waals surface area (Å²) < 4.78 is 58.5. The Hall–Kier alpha value is -5.87. The molecule has 0 bridgehead atoms. The van der Waals surface area contributed by atoms with Crippen molar-refractivity contribution in [3.8, 4) is 17.6 Å². The van der Waals surface area contributed by atoms with Gasteiger partial charge in [-0.2, -0.15) is 18.4 Å². The molecule has 3 nitrogen and oxygen atoms in total. The third kappa shape index (κ3) is 20.7. The molecule has 0 fully saturated rings. The average Bonchev–Trinajstić information content (AvgIpc) is 3.20. The van der Waals surface area contributed by atoms with Gasteiger partial charge in [0.05, 0.1) is 25.3 Å². The van der Waals surface area contributed by atoms with E-state index in [-0.39, 0.29) is 5.56 Å². The third-order valence-electron chi connectivity index (χ3n) is 9.21. The van der Waals surface area contributed by atoms with Gasteiger partial charge in [0.15, 0.2) is 0 Å². The van der Waals surface area contributed by atoms with Crippen LogP contribution in [-0.4, -0.2) is 14.2 Å². The topological polar surface area (TPSA) is 42.2 Å². The van der Waals surface area contributed by atoms with Crippen LogP contribution in [0, 0.1) is 79.5 Å².